The maximum absolute atomic E-state index is 15.7. The van der Waals surface area contributed by atoms with E-state index in [1.165, 1.54) is 36.1 Å². The number of nitrogens with one attached hydrogen (secondary N) is 2. The second-order valence-electron chi connectivity index (χ2n) is 10.5. The van der Waals surface area contributed by atoms with Crippen LogP contribution in [0.2, 0.25) is 0 Å². The number of anilines is 1. The van der Waals surface area contributed by atoms with Gasteiger partial charge in [-0.2, -0.15) is 0 Å². The van der Waals surface area contributed by atoms with Crippen molar-refractivity contribution in [3.8, 4) is 0 Å². The molecule has 2 aliphatic heterocycles. The maximum Gasteiger partial charge on any atom is 0.260 e. The molecule has 2 aromatic carbocycles. The van der Waals surface area contributed by atoms with Crippen LogP contribution in [0.4, 0.5) is 32.0 Å². The fraction of sp³-hybridized carbons (Fsp3) is 0.500. The number of benzene rings is 2. The molecule has 206 valence electrons. The summed E-state index contributed by atoms with van der Waals surface area (Å²) < 4.78 is 87.1. The minimum absolute atomic E-state index is 0.0242. The molecule has 5 rings (SSSR count). The van der Waals surface area contributed by atoms with Crippen LogP contribution in [-0.2, 0) is 6.42 Å². The van der Waals surface area contributed by atoms with Crippen molar-refractivity contribution in [1.29, 1.82) is 0 Å². The van der Waals surface area contributed by atoms with E-state index in [0.29, 0.717) is 49.1 Å². The van der Waals surface area contributed by atoms with Crippen LogP contribution in [0, 0.1) is 17.5 Å². The van der Waals surface area contributed by atoms with E-state index in [4.69, 9.17) is 0 Å². The van der Waals surface area contributed by atoms with E-state index in [1.807, 2.05) is 4.90 Å². The fourth-order valence-electron chi connectivity index (χ4n) is 5.76. The number of rotatable bonds is 9. The number of fused-ring (bicyclic) bond motifs is 3. The normalized spacial score (nSPS) is 21.1. The zero-order valence-corrected chi connectivity index (χ0v) is 21.4. The first-order valence-corrected chi connectivity index (χ1v) is 13.1. The average Bonchev–Trinajstić information content (AvgIpc) is 3.18. The van der Waals surface area contributed by atoms with Gasteiger partial charge >= 0.3 is 0 Å². The molecule has 0 aliphatic carbocycles. The van der Waals surface area contributed by atoms with Gasteiger partial charge in [0, 0.05) is 59.9 Å². The Balaban J connectivity index is 1.52. The van der Waals surface area contributed by atoms with Crippen molar-refractivity contribution in [1.82, 2.24) is 14.8 Å². The van der Waals surface area contributed by atoms with Gasteiger partial charge in [-0.05, 0) is 55.7 Å². The molecular weight excluding hydrogens is 506 g/mol. The summed E-state index contributed by atoms with van der Waals surface area (Å²) in [6.07, 6.45) is 0.409. The van der Waals surface area contributed by atoms with Gasteiger partial charge in [0.05, 0.1) is 25.3 Å². The Bertz CT molecular complexity index is 1280. The Hall–Kier alpha value is -2.72. The average molecular weight is 539 g/mol. The molecule has 2 aliphatic rings. The van der Waals surface area contributed by atoms with E-state index in [-0.39, 0.29) is 24.0 Å². The monoisotopic (exact) mass is 538 g/mol. The van der Waals surface area contributed by atoms with Crippen molar-refractivity contribution < 1.29 is 26.3 Å². The second-order valence-corrected chi connectivity index (χ2v) is 10.5. The molecule has 2 N–H and O–H groups in total. The highest BCUT2D eigenvalue weighted by Crippen LogP contribution is 2.44. The molecule has 0 unspecified atom stereocenters. The number of nitrogens with zero attached hydrogens (tertiary/aromatic N) is 2. The summed E-state index contributed by atoms with van der Waals surface area (Å²) >= 11 is 0. The fourth-order valence-corrected chi connectivity index (χ4v) is 5.76. The highest BCUT2D eigenvalue weighted by molar-refractivity contribution is 5.85. The quantitative estimate of drug-likeness (QED) is 0.309. The molecular formula is C28H32F6N4. The third-order valence-corrected chi connectivity index (χ3v) is 7.79. The lowest BCUT2D eigenvalue weighted by molar-refractivity contribution is -0.0551. The first kappa shape index (κ1) is 26.9. The van der Waals surface area contributed by atoms with E-state index >= 15 is 8.78 Å². The van der Waals surface area contributed by atoms with Crippen molar-refractivity contribution in [3.05, 3.63) is 64.6 Å². The molecule has 1 saturated heterocycles. The van der Waals surface area contributed by atoms with Crippen molar-refractivity contribution in [2.24, 2.45) is 0 Å². The smallest absolute Gasteiger partial charge is 0.260 e. The Kier molecular flexibility index (Phi) is 7.39. The van der Waals surface area contributed by atoms with Crippen LogP contribution in [0.3, 0.4) is 0 Å². The molecule has 3 aromatic rings. The lowest BCUT2D eigenvalue weighted by Gasteiger charge is -2.42. The van der Waals surface area contributed by atoms with E-state index < -0.39 is 48.4 Å². The molecule has 38 heavy (non-hydrogen) atoms. The molecule has 1 aromatic heterocycles. The van der Waals surface area contributed by atoms with Crippen molar-refractivity contribution >= 4 is 16.6 Å². The summed E-state index contributed by atoms with van der Waals surface area (Å²) in [6.45, 7) is 3.99. The Labute approximate surface area is 218 Å². The Morgan fingerprint density at radius 1 is 1.08 bits per heavy atom. The molecule has 0 radical (unpaired) electrons. The van der Waals surface area contributed by atoms with Crippen molar-refractivity contribution in [3.63, 3.8) is 0 Å². The van der Waals surface area contributed by atoms with Gasteiger partial charge in [-0.25, -0.2) is 22.0 Å². The molecule has 2 atom stereocenters. The summed E-state index contributed by atoms with van der Waals surface area (Å²) in [7, 11) is 0. The zero-order chi connectivity index (χ0) is 27.2. The van der Waals surface area contributed by atoms with Crippen LogP contribution in [0.15, 0.2) is 30.3 Å². The Morgan fingerprint density at radius 3 is 2.45 bits per heavy atom. The van der Waals surface area contributed by atoms with Gasteiger partial charge in [0.25, 0.3) is 5.92 Å². The summed E-state index contributed by atoms with van der Waals surface area (Å²) in [5.74, 6) is -5.22. The van der Waals surface area contributed by atoms with Gasteiger partial charge in [0.2, 0.25) is 0 Å². The number of halogens is 6. The third kappa shape index (κ3) is 5.12. The summed E-state index contributed by atoms with van der Waals surface area (Å²) in [5, 5.41) is 3.82. The van der Waals surface area contributed by atoms with Gasteiger partial charge in [-0.1, -0.05) is 6.92 Å². The Morgan fingerprint density at radius 2 is 1.79 bits per heavy atom. The molecule has 10 heteroatoms. The number of aromatic amines is 1. The minimum Gasteiger partial charge on any atom is -0.380 e. The maximum atomic E-state index is 15.7. The molecule has 0 spiro atoms. The van der Waals surface area contributed by atoms with Crippen LogP contribution in [0.5, 0.6) is 0 Å². The van der Waals surface area contributed by atoms with Crippen LogP contribution in [0.25, 0.3) is 10.9 Å². The first-order chi connectivity index (χ1) is 18.1. The minimum atomic E-state index is -3.06. The van der Waals surface area contributed by atoms with E-state index in [1.54, 1.807) is 13.0 Å². The van der Waals surface area contributed by atoms with Crippen LogP contribution in [0.1, 0.15) is 49.6 Å². The standard InChI is InChI=1S/C28H32F6N4/c1-3-28(33,34)15-38-16(2)9-21-20-6-5-17(30)10-24(20)36-26(21)27(38)25-22(31)11-18(12-23(25)32)35-19-13-37(14-19)8-4-7-29/h5-6,10-12,16,19,27,35-36H,3-4,7-9,13-15H2,1-2H3/t16-,27-/m0/s1. The SMILES string of the molecule is CCC(F)(F)CN1[C@@H](c2c(F)cc(NC3CN(CCCF)C3)cc2F)c2[nH]c3cc(F)ccc3c2C[C@@H]1C. The van der Waals surface area contributed by atoms with Gasteiger partial charge in [-0.3, -0.25) is 14.2 Å². The molecule has 0 bridgehead atoms. The number of H-pyrrole nitrogens is 1. The molecule has 4 nitrogen and oxygen atoms in total. The number of likely N-dealkylation sites (tertiary alicyclic amines) is 1. The topological polar surface area (TPSA) is 34.3 Å². The predicted molar refractivity (Wildman–Crippen MR) is 136 cm³/mol. The third-order valence-electron chi connectivity index (χ3n) is 7.79. The van der Waals surface area contributed by atoms with E-state index in [9.17, 15) is 17.6 Å². The lowest BCUT2D eigenvalue weighted by atomic mass is 9.87. The second kappa shape index (κ2) is 10.4. The number of aromatic nitrogens is 1. The van der Waals surface area contributed by atoms with Crippen molar-refractivity contribution in [2.75, 3.05) is 38.2 Å². The van der Waals surface area contributed by atoms with E-state index in [2.05, 4.69) is 10.3 Å². The van der Waals surface area contributed by atoms with Gasteiger partial charge in [0.15, 0.2) is 0 Å². The molecule has 0 amide bonds. The summed E-state index contributed by atoms with van der Waals surface area (Å²) in [5.41, 5.74) is 1.54. The zero-order valence-electron chi connectivity index (χ0n) is 21.4. The molecule has 0 saturated carbocycles. The summed E-state index contributed by atoms with van der Waals surface area (Å²) in [4.78, 5) is 6.59. The van der Waals surface area contributed by atoms with Crippen LogP contribution < -0.4 is 5.32 Å². The summed E-state index contributed by atoms with van der Waals surface area (Å²) in [6, 6.07) is 5.00. The number of alkyl halides is 3. The van der Waals surface area contributed by atoms with E-state index in [0.717, 1.165) is 5.56 Å². The number of hydrogen-bond acceptors (Lipinski definition) is 3. The van der Waals surface area contributed by atoms with Gasteiger partial charge in [0.1, 0.15) is 17.5 Å². The highest BCUT2D eigenvalue weighted by atomic mass is 19.3. The van der Waals surface area contributed by atoms with Crippen LogP contribution in [-0.4, -0.2) is 65.6 Å². The largest absolute Gasteiger partial charge is 0.380 e. The predicted octanol–water partition coefficient (Wildman–Crippen LogP) is 6.42. The molecule has 1 fully saturated rings. The lowest BCUT2D eigenvalue weighted by Crippen LogP contribution is -2.54. The van der Waals surface area contributed by atoms with Gasteiger partial charge < -0.3 is 10.3 Å². The van der Waals surface area contributed by atoms with Gasteiger partial charge in [-0.15, -0.1) is 0 Å². The number of hydrogen-bond donors (Lipinski definition) is 2. The van der Waals surface area contributed by atoms with Crippen LogP contribution >= 0.6 is 0 Å². The first-order valence-electron chi connectivity index (χ1n) is 13.1. The molecule has 3 heterocycles. The highest BCUT2D eigenvalue weighted by Gasteiger charge is 2.43. The van der Waals surface area contributed by atoms with Crippen molar-refractivity contribution in [2.45, 2.75) is 57.2 Å².